The van der Waals surface area contributed by atoms with E-state index in [1.807, 2.05) is 0 Å². The Balaban J connectivity index is 2.52. The van der Waals surface area contributed by atoms with Gasteiger partial charge >= 0.3 is 6.18 Å². The second-order valence-electron chi connectivity index (χ2n) is 4.74. The summed E-state index contributed by atoms with van der Waals surface area (Å²) in [5.74, 6) is 0. The molecule has 0 aliphatic carbocycles. The van der Waals surface area contributed by atoms with Crippen LogP contribution in [0.4, 0.5) is 13.2 Å². The van der Waals surface area contributed by atoms with Gasteiger partial charge in [0.25, 0.3) is 10.0 Å². The van der Waals surface area contributed by atoms with E-state index < -0.39 is 40.8 Å². The third kappa shape index (κ3) is 3.45. The van der Waals surface area contributed by atoms with Gasteiger partial charge in [0.2, 0.25) is 9.84 Å². The summed E-state index contributed by atoms with van der Waals surface area (Å²) in [4.78, 5) is 3.47. The topological polar surface area (TPSA) is 84.4 Å². The fourth-order valence-corrected chi connectivity index (χ4v) is 5.87. The van der Waals surface area contributed by atoms with Crippen LogP contribution in [0.3, 0.4) is 0 Å². The zero-order valence-corrected chi connectivity index (χ0v) is 14.7. The molecule has 0 fully saturated rings. The van der Waals surface area contributed by atoms with Crippen LogP contribution in [-0.4, -0.2) is 40.2 Å². The second kappa shape index (κ2) is 6.10. The molecule has 0 aliphatic heterocycles. The molecule has 0 bridgehead atoms. The van der Waals surface area contributed by atoms with Gasteiger partial charge in [-0.15, -0.1) is 11.3 Å². The average Bonchev–Trinajstić information content (AvgIpc) is 2.97. The van der Waals surface area contributed by atoms with Crippen LogP contribution in [0.5, 0.6) is 0 Å². The zero-order chi connectivity index (χ0) is 18.3. The molecule has 0 aliphatic rings. The average molecular weight is 400 g/mol. The number of halogens is 3. The van der Waals surface area contributed by atoms with Gasteiger partial charge in [0.15, 0.2) is 5.03 Å². The summed E-state index contributed by atoms with van der Waals surface area (Å²) >= 11 is 0.444. The minimum atomic E-state index is -4.72. The highest BCUT2D eigenvalue weighted by Crippen LogP contribution is 2.33. The molecule has 0 saturated carbocycles. The standard InChI is InChI=1S/C12H11F3N2O4S3/c1-17(2)24(20,21)11-4-3-10(22-11)23(18,19)9-7-8(5-6-16-9)12(13,14)15/h3-7H,1-2H3. The van der Waals surface area contributed by atoms with Crippen LogP contribution in [0.2, 0.25) is 0 Å². The van der Waals surface area contributed by atoms with Crippen LogP contribution in [0, 0.1) is 0 Å². The number of alkyl halides is 3. The van der Waals surface area contributed by atoms with Gasteiger partial charge in [0.05, 0.1) is 5.56 Å². The molecule has 2 aromatic rings. The molecule has 12 heteroatoms. The number of sulfone groups is 1. The maximum atomic E-state index is 12.7. The van der Waals surface area contributed by atoms with Gasteiger partial charge in [-0.25, -0.2) is 26.1 Å². The highest BCUT2D eigenvalue weighted by Gasteiger charge is 2.33. The number of sulfonamides is 1. The highest BCUT2D eigenvalue weighted by atomic mass is 32.3. The zero-order valence-electron chi connectivity index (χ0n) is 12.3. The van der Waals surface area contributed by atoms with E-state index in [-0.39, 0.29) is 4.21 Å². The SMILES string of the molecule is CN(C)S(=O)(=O)c1ccc(S(=O)(=O)c2cc(C(F)(F)F)ccn2)s1. The van der Waals surface area contributed by atoms with E-state index in [0.717, 1.165) is 22.6 Å². The van der Waals surface area contributed by atoms with Crippen molar-refractivity contribution in [2.75, 3.05) is 14.1 Å². The molecule has 2 aromatic heterocycles. The van der Waals surface area contributed by atoms with Gasteiger partial charge in [-0.1, -0.05) is 0 Å². The van der Waals surface area contributed by atoms with Gasteiger partial charge in [-0.2, -0.15) is 13.2 Å². The molecule has 0 amide bonds. The molecule has 0 N–H and O–H groups in total. The Morgan fingerprint density at radius 2 is 1.62 bits per heavy atom. The first-order valence-corrected chi connectivity index (χ1v) is 9.91. The molecule has 0 spiro atoms. The van der Waals surface area contributed by atoms with Gasteiger partial charge < -0.3 is 0 Å². The van der Waals surface area contributed by atoms with Crippen LogP contribution < -0.4 is 0 Å². The molecular weight excluding hydrogens is 389 g/mol. The smallest absolute Gasteiger partial charge is 0.244 e. The Kier molecular flexibility index (Phi) is 4.78. The van der Waals surface area contributed by atoms with Crippen LogP contribution >= 0.6 is 11.3 Å². The van der Waals surface area contributed by atoms with E-state index in [1.165, 1.54) is 14.1 Å². The van der Waals surface area contributed by atoms with E-state index in [9.17, 15) is 30.0 Å². The Morgan fingerprint density at radius 1 is 1.04 bits per heavy atom. The van der Waals surface area contributed by atoms with E-state index in [0.29, 0.717) is 23.5 Å². The molecular formula is C12H11F3N2O4S3. The largest absolute Gasteiger partial charge is 0.416 e. The summed E-state index contributed by atoms with van der Waals surface area (Å²) in [6.07, 6.45) is -3.98. The third-order valence-electron chi connectivity index (χ3n) is 2.89. The highest BCUT2D eigenvalue weighted by molar-refractivity contribution is 7.95. The summed E-state index contributed by atoms with van der Waals surface area (Å²) < 4.78 is 87.1. The Labute approximate surface area is 140 Å². The summed E-state index contributed by atoms with van der Waals surface area (Å²) in [5.41, 5.74) is -1.16. The summed E-state index contributed by atoms with van der Waals surface area (Å²) in [7, 11) is -5.65. The predicted molar refractivity (Wildman–Crippen MR) is 79.9 cm³/mol. The molecule has 24 heavy (non-hydrogen) atoms. The lowest BCUT2D eigenvalue weighted by Crippen LogP contribution is -2.21. The lowest BCUT2D eigenvalue weighted by molar-refractivity contribution is -0.137. The number of pyridine rings is 1. The van der Waals surface area contributed by atoms with Crippen molar-refractivity contribution in [3.8, 4) is 0 Å². The second-order valence-corrected chi connectivity index (χ2v) is 10.3. The number of thiophene rings is 1. The van der Waals surface area contributed by atoms with Crippen molar-refractivity contribution < 1.29 is 30.0 Å². The number of aromatic nitrogens is 1. The van der Waals surface area contributed by atoms with Crippen LogP contribution in [-0.2, 0) is 26.0 Å². The fraction of sp³-hybridized carbons (Fsp3) is 0.250. The summed E-state index contributed by atoms with van der Waals surface area (Å²) in [5, 5.41) is -0.798. The molecule has 2 heterocycles. The van der Waals surface area contributed by atoms with Crippen molar-refractivity contribution in [3.05, 3.63) is 36.0 Å². The summed E-state index contributed by atoms with van der Waals surface area (Å²) in [6, 6.07) is 3.17. The van der Waals surface area contributed by atoms with Crippen molar-refractivity contribution >= 4 is 31.2 Å². The first-order chi connectivity index (χ1) is 10.9. The van der Waals surface area contributed by atoms with E-state index in [2.05, 4.69) is 4.98 Å². The minimum Gasteiger partial charge on any atom is -0.244 e. The van der Waals surface area contributed by atoms with Crippen LogP contribution in [0.1, 0.15) is 5.56 Å². The van der Waals surface area contributed by atoms with Gasteiger partial charge in [-0.3, -0.25) is 0 Å². The number of nitrogens with zero attached hydrogens (tertiary/aromatic N) is 2. The van der Waals surface area contributed by atoms with Gasteiger partial charge in [0, 0.05) is 20.3 Å². The van der Waals surface area contributed by atoms with Crippen molar-refractivity contribution in [2.24, 2.45) is 0 Å². The molecule has 6 nitrogen and oxygen atoms in total. The molecule has 0 atom stereocenters. The fourth-order valence-electron chi connectivity index (χ4n) is 1.60. The Bertz CT molecular complexity index is 963. The van der Waals surface area contributed by atoms with E-state index in [4.69, 9.17) is 0 Å². The molecule has 0 aromatic carbocycles. The van der Waals surface area contributed by atoms with Crippen LogP contribution in [0.25, 0.3) is 0 Å². The van der Waals surface area contributed by atoms with Crippen molar-refractivity contribution in [3.63, 3.8) is 0 Å². The first-order valence-electron chi connectivity index (χ1n) is 6.17. The van der Waals surface area contributed by atoms with E-state index in [1.54, 1.807) is 0 Å². The first kappa shape index (κ1) is 18.8. The molecule has 132 valence electrons. The normalized spacial score (nSPS) is 13.4. The van der Waals surface area contributed by atoms with Crippen molar-refractivity contribution in [1.82, 2.24) is 9.29 Å². The van der Waals surface area contributed by atoms with Gasteiger partial charge in [0.1, 0.15) is 8.42 Å². The Hall–Kier alpha value is -1.50. The van der Waals surface area contributed by atoms with E-state index >= 15 is 0 Å². The summed E-state index contributed by atoms with van der Waals surface area (Å²) in [6.45, 7) is 0. The maximum absolute atomic E-state index is 12.7. The quantitative estimate of drug-likeness (QED) is 0.786. The van der Waals surface area contributed by atoms with Crippen molar-refractivity contribution in [2.45, 2.75) is 19.6 Å². The minimum absolute atomic E-state index is 0.238. The third-order valence-corrected chi connectivity index (χ3v) is 8.40. The van der Waals surface area contributed by atoms with Crippen molar-refractivity contribution in [1.29, 1.82) is 0 Å². The lowest BCUT2D eigenvalue weighted by atomic mass is 10.3. The van der Waals surface area contributed by atoms with Gasteiger partial charge in [-0.05, 0) is 24.3 Å². The molecule has 0 radical (unpaired) electrons. The number of hydrogen-bond acceptors (Lipinski definition) is 6. The Morgan fingerprint density at radius 3 is 2.17 bits per heavy atom. The molecule has 0 saturated heterocycles. The van der Waals surface area contributed by atoms with Crippen LogP contribution in [0.15, 0.2) is 43.9 Å². The maximum Gasteiger partial charge on any atom is 0.416 e. The lowest BCUT2D eigenvalue weighted by Gasteiger charge is -2.09. The predicted octanol–water partition coefficient (Wildman–Crippen LogP) is 2.25. The molecule has 2 rings (SSSR count). The number of rotatable bonds is 4. The monoisotopic (exact) mass is 400 g/mol. The molecule has 0 unspecified atom stereocenters. The number of hydrogen-bond donors (Lipinski definition) is 0.